The first-order chi connectivity index (χ1) is 11.0. The Labute approximate surface area is 132 Å². The lowest BCUT2D eigenvalue weighted by Gasteiger charge is -2.19. The maximum absolute atomic E-state index is 10.8. The van der Waals surface area contributed by atoms with E-state index in [-0.39, 0.29) is 5.69 Å². The Morgan fingerprint density at radius 1 is 1.26 bits per heavy atom. The molecule has 1 aromatic carbocycles. The molecule has 0 unspecified atom stereocenters. The number of nitrogens with zero attached hydrogens (tertiary/aromatic N) is 6. The van der Waals surface area contributed by atoms with E-state index >= 15 is 0 Å². The van der Waals surface area contributed by atoms with Gasteiger partial charge in [0.25, 0.3) is 11.5 Å². The molecule has 0 aliphatic carbocycles. The molecule has 3 rings (SSSR count). The Morgan fingerprint density at radius 2 is 1.96 bits per heavy atom. The highest BCUT2D eigenvalue weighted by Gasteiger charge is 2.16. The minimum absolute atomic E-state index is 0.0863. The smallest absolute Gasteiger partial charge is 0.269 e. The zero-order valence-corrected chi connectivity index (χ0v) is 13.1. The van der Waals surface area contributed by atoms with Crippen LogP contribution >= 0.6 is 0 Å². The second kappa shape index (κ2) is 5.64. The van der Waals surface area contributed by atoms with E-state index in [0.717, 1.165) is 22.6 Å². The summed E-state index contributed by atoms with van der Waals surface area (Å²) in [4.78, 5) is 20.9. The number of aryl methyl sites for hydroxylation is 1. The highest BCUT2D eigenvalue weighted by molar-refractivity contribution is 5.55. The molecule has 3 aromatic rings. The van der Waals surface area contributed by atoms with Crippen LogP contribution in [-0.2, 0) is 6.42 Å². The third kappa shape index (κ3) is 2.70. The van der Waals surface area contributed by atoms with Crippen LogP contribution in [0.2, 0.25) is 0 Å². The maximum atomic E-state index is 10.8. The molecule has 0 N–H and O–H groups in total. The fourth-order valence-corrected chi connectivity index (χ4v) is 2.57. The number of hydrogen-bond acceptors (Lipinski definition) is 6. The van der Waals surface area contributed by atoms with Crippen LogP contribution in [0.3, 0.4) is 0 Å². The first-order valence-corrected chi connectivity index (χ1v) is 7.07. The molecule has 0 aliphatic rings. The van der Waals surface area contributed by atoms with Crippen molar-refractivity contribution in [1.29, 1.82) is 0 Å². The molecule has 0 fully saturated rings. The minimum Gasteiger partial charge on any atom is -0.362 e. The third-order valence-corrected chi connectivity index (χ3v) is 3.66. The van der Waals surface area contributed by atoms with Crippen LogP contribution in [0.25, 0.3) is 5.78 Å². The van der Waals surface area contributed by atoms with E-state index in [9.17, 15) is 10.1 Å². The van der Waals surface area contributed by atoms with Crippen LogP contribution in [0.1, 0.15) is 16.8 Å². The van der Waals surface area contributed by atoms with Gasteiger partial charge in [0.05, 0.1) is 4.92 Å². The zero-order chi connectivity index (χ0) is 16.6. The molecule has 23 heavy (non-hydrogen) atoms. The Balaban J connectivity index is 2.06. The van der Waals surface area contributed by atoms with Crippen LogP contribution in [0.5, 0.6) is 0 Å². The van der Waals surface area contributed by atoms with Crippen LogP contribution in [-0.4, -0.2) is 38.6 Å². The van der Waals surface area contributed by atoms with Gasteiger partial charge in [-0.1, -0.05) is 12.1 Å². The largest absolute Gasteiger partial charge is 0.362 e. The number of anilines is 1. The molecule has 2 heterocycles. The summed E-state index contributed by atoms with van der Waals surface area (Å²) in [6, 6.07) is 6.56. The lowest BCUT2D eigenvalue weighted by molar-refractivity contribution is -0.384. The Morgan fingerprint density at radius 3 is 2.57 bits per heavy atom. The molecule has 0 amide bonds. The van der Waals surface area contributed by atoms with E-state index in [2.05, 4.69) is 15.1 Å². The van der Waals surface area contributed by atoms with E-state index in [0.29, 0.717) is 12.2 Å². The van der Waals surface area contributed by atoms with Crippen LogP contribution in [0.4, 0.5) is 11.5 Å². The van der Waals surface area contributed by atoms with Gasteiger partial charge in [0, 0.05) is 43.9 Å². The summed E-state index contributed by atoms with van der Waals surface area (Å²) >= 11 is 0. The van der Waals surface area contributed by atoms with Gasteiger partial charge in [0.1, 0.15) is 12.1 Å². The summed E-state index contributed by atoms with van der Waals surface area (Å²) in [5.41, 5.74) is 2.95. The molecule has 118 valence electrons. The van der Waals surface area contributed by atoms with E-state index < -0.39 is 4.92 Å². The number of nitro groups is 1. The number of non-ortho nitro benzene ring substituents is 1. The van der Waals surface area contributed by atoms with Crippen molar-refractivity contribution in [1.82, 2.24) is 19.6 Å². The molecule has 0 radical (unpaired) electrons. The Bertz CT molecular complexity index is 870. The summed E-state index contributed by atoms with van der Waals surface area (Å²) in [6.45, 7) is 1.93. The van der Waals surface area contributed by atoms with Gasteiger partial charge in [-0.05, 0) is 12.5 Å². The quantitative estimate of drug-likeness (QED) is 0.540. The number of aromatic nitrogens is 4. The van der Waals surface area contributed by atoms with Crippen molar-refractivity contribution in [2.45, 2.75) is 13.3 Å². The lowest BCUT2D eigenvalue weighted by atomic mass is 10.0. The number of hydrogen-bond donors (Lipinski definition) is 0. The van der Waals surface area contributed by atoms with Gasteiger partial charge in [-0.2, -0.15) is 14.6 Å². The summed E-state index contributed by atoms with van der Waals surface area (Å²) < 4.78 is 1.70. The van der Waals surface area contributed by atoms with Crippen molar-refractivity contribution in [2.75, 3.05) is 19.0 Å². The first kappa shape index (κ1) is 14.9. The molecule has 0 aliphatic heterocycles. The lowest BCUT2D eigenvalue weighted by Crippen LogP contribution is -2.18. The summed E-state index contributed by atoms with van der Waals surface area (Å²) in [5, 5.41) is 15.0. The van der Waals surface area contributed by atoms with Gasteiger partial charge in [-0.3, -0.25) is 10.1 Å². The fourth-order valence-electron chi connectivity index (χ4n) is 2.57. The van der Waals surface area contributed by atoms with Crippen molar-refractivity contribution in [3.05, 3.63) is 57.5 Å². The molecule has 2 aromatic heterocycles. The molecular formula is C15H16N6O2. The van der Waals surface area contributed by atoms with E-state index in [1.807, 2.05) is 25.9 Å². The van der Waals surface area contributed by atoms with Gasteiger partial charge < -0.3 is 4.90 Å². The van der Waals surface area contributed by atoms with Gasteiger partial charge in [-0.15, -0.1) is 0 Å². The van der Waals surface area contributed by atoms with Gasteiger partial charge in [0.2, 0.25) is 0 Å². The highest BCUT2D eigenvalue weighted by atomic mass is 16.6. The predicted molar refractivity (Wildman–Crippen MR) is 85.7 cm³/mol. The Hall–Kier alpha value is -3.03. The SMILES string of the molecule is Cc1nc2ncnn2c(N(C)C)c1Cc1ccc([N+](=O)[O-])cc1. The number of rotatable bonds is 4. The molecule has 8 nitrogen and oxygen atoms in total. The van der Waals surface area contributed by atoms with Crippen LogP contribution < -0.4 is 4.90 Å². The van der Waals surface area contributed by atoms with Crippen molar-refractivity contribution in [3.63, 3.8) is 0 Å². The van der Waals surface area contributed by atoms with Crippen LogP contribution in [0.15, 0.2) is 30.6 Å². The topological polar surface area (TPSA) is 89.5 Å². The van der Waals surface area contributed by atoms with Crippen molar-refractivity contribution in [3.8, 4) is 0 Å². The predicted octanol–water partition coefficient (Wildman–Crippen LogP) is 2.00. The van der Waals surface area contributed by atoms with Gasteiger partial charge >= 0.3 is 0 Å². The standard InChI is InChI=1S/C15H16N6O2/c1-10-13(8-11-4-6-12(7-5-11)21(22)23)14(19(2)3)20-15(18-10)16-9-17-20/h4-7,9H,8H2,1-3H3. The molecule has 0 saturated heterocycles. The van der Waals surface area contributed by atoms with Gasteiger partial charge in [0.15, 0.2) is 0 Å². The highest BCUT2D eigenvalue weighted by Crippen LogP contribution is 2.25. The van der Waals surface area contributed by atoms with Crippen molar-refractivity contribution in [2.24, 2.45) is 0 Å². The average Bonchev–Trinajstić information content (AvgIpc) is 2.95. The van der Waals surface area contributed by atoms with Crippen molar-refractivity contribution >= 4 is 17.3 Å². The monoisotopic (exact) mass is 312 g/mol. The summed E-state index contributed by atoms with van der Waals surface area (Å²) in [5.74, 6) is 1.46. The van der Waals surface area contributed by atoms with E-state index in [1.54, 1.807) is 16.6 Å². The molecular weight excluding hydrogens is 296 g/mol. The van der Waals surface area contributed by atoms with Crippen molar-refractivity contribution < 1.29 is 4.92 Å². The average molecular weight is 312 g/mol. The minimum atomic E-state index is -0.400. The molecule has 8 heteroatoms. The zero-order valence-electron chi connectivity index (χ0n) is 13.1. The molecule has 0 spiro atoms. The number of benzene rings is 1. The normalized spacial score (nSPS) is 10.9. The second-order valence-electron chi connectivity index (χ2n) is 5.47. The molecule has 0 saturated carbocycles. The number of fused-ring (bicyclic) bond motifs is 1. The van der Waals surface area contributed by atoms with E-state index in [4.69, 9.17) is 0 Å². The van der Waals surface area contributed by atoms with E-state index in [1.165, 1.54) is 18.5 Å². The third-order valence-electron chi connectivity index (χ3n) is 3.66. The van der Waals surface area contributed by atoms with Gasteiger partial charge in [-0.25, -0.2) is 4.98 Å². The van der Waals surface area contributed by atoms with Crippen LogP contribution in [0, 0.1) is 17.0 Å². The Kier molecular flexibility index (Phi) is 3.65. The molecule has 0 atom stereocenters. The maximum Gasteiger partial charge on any atom is 0.269 e. The summed E-state index contributed by atoms with van der Waals surface area (Å²) in [6.07, 6.45) is 2.09. The number of nitro benzene ring substituents is 1. The fraction of sp³-hybridized carbons (Fsp3) is 0.267. The molecule has 0 bridgehead atoms. The first-order valence-electron chi connectivity index (χ1n) is 7.07. The second-order valence-corrected chi connectivity index (χ2v) is 5.47. The summed E-state index contributed by atoms with van der Waals surface area (Å²) in [7, 11) is 3.88.